The van der Waals surface area contributed by atoms with Crippen molar-refractivity contribution in [2.45, 2.75) is 0 Å². The van der Waals surface area contributed by atoms with Crippen molar-refractivity contribution in [1.82, 2.24) is 5.48 Å². The largest absolute Gasteiger partial charge is 0.445 e. The van der Waals surface area contributed by atoms with Gasteiger partial charge in [-0.25, -0.2) is 4.79 Å². The summed E-state index contributed by atoms with van der Waals surface area (Å²) in [4.78, 5) is 14.2. The molecule has 0 bridgehead atoms. The van der Waals surface area contributed by atoms with Crippen LogP contribution < -0.4 is 5.48 Å². The minimum absolute atomic E-state index is 0.595. The Morgan fingerprint density at radius 2 is 2.43 bits per heavy atom. The van der Waals surface area contributed by atoms with E-state index >= 15 is 0 Å². The fourth-order valence-electron chi connectivity index (χ4n) is 0.224. The van der Waals surface area contributed by atoms with Crippen LogP contribution in [0.4, 0.5) is 4.79 Å². The van der Waals surface area contributed by atoms with Crippen LogP contribution in [0.2, 0.25) is 0 Å². The third-order valence-electron chi connectivity index (χ3n) is 0.441. The van der Waals surface area contributed by atoms with Gasteiger partial charge >= 0.3 is 6.09 Å². The van der Waals surface area contributed by atoms with Crippen LogP contribution in [0.3, 0.4) is 0 Å². The number of cyclic esters (lactones) is 1. The van der Waals surface area contributed by atoms with Crippen molar-refractivity contribution in [1.29, 1.82) is 0 Å². The third kappa shape index (κ3) is 0.819. The van der Waals surface area contributed by atoms with Crippen molar-refractivity contribution in [3.63, 3.8) is 0 Å². The minimum Gasteiger partial charge on any atom is -0.413 e. The van der Waals surface area contributed by atoms with Crippen LogP contribution in [0.1, 0.15) is 0 Å². The van der Waals surface area contributed by atoms with Crippen LogP contribution in [0, 0.1) is 0 Å². The van der Waals surface area contributed by atoms with Crippen molar-refractivity contribution in [3.05, 3.63) is 12.5 Å². The molecule has 0 saturated heterocycles. The molecule has 0 saturated carbocycles. The molecule has 1 heterocycles. The molecular weight excluding hydrogens is 98.0 g/mol. The molecular formula is C3H3NO3. The first-order valence-electron chi connectivity index (χ1n) is 1.67. The van der Waals surface area contributed by atoms with E-state index in [-0.39, 0.29) is 0 Å². The number of hydrogen-bond acceptors (Lipinski definition) is 3. The van der Waals surface area contributed by atoms with Gasteiger partial charge in [-0.2, -0.15) is 5.48 Å². The molecule has 0 aromatic carbocycles. The molecule has 0 aromatic heterocycles. The average molecular weight is 101 g/mol. The summed E-state index contributed by atoms with van der Waals surface area (Å²) in [7, 11) is 0. The van der Waals surface area contributed by atoms with Gasteiger partial charge in [0.05, 0.1) is 0 Å². The quantitative estimate of drug-likeness (QED) is 0.471. The Kier molecular flexibility index (Phi) is 0.856. The number of ether oxygens (including phenoxy) is 1. The highest BCUT2D eigenvalue weighted by molar-refractivity contribution is 5.66. The minimum atomic E-state index is -0.595. The molecule has 0 aromatic rings. The smallest absolute Gasteiger partial charge is 0.413 e. The monoisotopic (exact) mass is 101 g/mol. The van der Waals surface area contributed by atoms with Gasteiger partial charge < -0.3 is 9.57 Å². The molecule has 0 radical (unpaired) electrons. The number of rotatable bonds is 0. The van der Waals surface area contributed by atoms with Gasteiger partial charge in [0.2, 0.25) is 0 Å². The zero-order valence-corrected chi connectivity index (χ0v) is 3.38. The Labute approximate surface area is 39.7 Å². The first kappa shape index (κ1) is 3.98. The summed E-state index contributed by atoms with van der Waals surface area (Å²) in [5, 5.41) is 0. The van der Waals surface area contributed by atoms with E-state index in [4.69, 9.17) is 0 Å². The lowest BCUT2D eigenvalue weighted by atomic mass is 11.0. The van der Waals surface area contributed by atoms with Crippen molar-refractivity contribution in [3.8, 4) is 0 Å². The van der Waals surface area contributed by atoms with Crippen LogP contribution >= 0.6 is 0 Å². The molecule has 1 rings (SSSR count). The second-order valence-electron chi connectivity index (χ2n) is 0.897. The summed E-state index contributed by atoms with van der Waals surface area (Å²) < 4.78 is 4.22. The predicted octanol–water partition coefficient (Wildman–Crippen LogP) is 0.129. The van der Waals surface area contributed by atoms with Crippen LogP contribution in [0.5, 0.6) is 0 Å². The summed E-state index contributed by atoms with van der Waals surface area (Å²) in [6.45, 7) is 0. The SMILES string of the molecule is O=C1NOC=CO1. The molecule has 1 amide bonds. The lowest BCUT2D eigenvalue weighted by Crippen LogP contribution is -2.23. The highest BCUT2D eigenvalue weighted by Crippen LogP contribution is 1.86. The molecule has 1 N–H and O–H groups in total. The molecule has 0 fully saturated rings. The molecule has 1 aliphatic rings. The van der Waals surface area contributed by atoms with Gasteiger partial charge in [-0.3, -0.25) is 0 Å². The summed E-state index contributed by atoms with van der Waals surface area (Å²) in [6.07, 6.45) is 1.78. The summed E-state index contributed by atoms with van der Waals surface area (Å²) in [5.74, 6) is 0. The van der Waals surface area contributed by atoms with E-state index in [2.05, 4.69) is 9.57 Å². The van der Waals surface area contributed by atoms with E-state index in [0.717, 1.165) is 6.26 Å². The summed E-state index contributed by atoms with van der Waals surface area (Å²) in [5.41, 5.74) is 1.93. The molecule has 1 aliphatic heterocycles. The van der Waals surface area contributed by atoms with Crippen molar-refractivity contribution in [2.75, 3.05) is 0 Å². The molecule has 4 heteroatoms. The van der Waals surface area contributed by atoms with E-state index in [0.29, 0.717) is 0 Å². The maximum absolute atomic E-state index is 9.95. The lowest BCUT2D eigenvalue weighted by molar-refractivity contribution is 0.0769. The number of carbonyl (C=O) groups excluding carboxylic acids is 1. The van der Waals surface area contributed by atoms with E-state index < -0.39 is 6.09 Å². The van der Waals surface area contributed by atoms with Gasteiger partial charge in [-0.1, -0.05) is 0 Å². The van der Waals surface area contributed by atoms with Crippen LogP contribution in [0.25, 0.3) is 0 Å². The Balaban J connectivity index is 2.47. The van der Waals surface area contributed by atoms with Gasteiger partial charge in [-0.15, -0.1) is 0 Å². The number of hydroxylamine groups is 1. The molecule has 38 valence electrons. The first-order valence-corrected chi connectivity index (χ1v) is 1.67. The average Bonchev–Trinajstić information content (AvgIpc) is 1.69. The Morgan fingerprint density at radius 3 is 2.71 bits per heavy atom. The Hall–Kier alpha value is -1.19. The van der Waals surface area contributed by atoms with Gasteiger partial charge in [0.1, 0.15) is 6.26 Å². The van der Waals surface area contributed by atoms with E-state index in [9.17, 15) is 4.79 Å². The van der Waals surface area contributed by atoms with Crippen LogP contribution in [-0.2, 0) is 9.57 Å². The standard InChI is InChI=1S/C3H3NO3/c5-3-4-7-2-1-6-3/h1-2H,(H,4,5). The van der Waals surface area contributed by atoms with Gasteiger partial charge in [0, 0.05) is 0 Å². The van der Waals surface area contributed by atoms with E-state index in [1.165, 1.54) is 6.26 Å². The van der Waals surface area contributed by atoms with E-state index in [1.807, 2.05) is 5.48 Å². The number of hydrogen-bond donors (Lipinski definition) is 1. The zero-order chi connectivity index (χ0) is 5.11. The molecule has 4 nitrogen and oxygen atoms in total. The van der Waals surface area contributed by atoms with Gasteiger partial charge in [-0.05, 0) is 0 Å². The summed E-state index contributed by atoms with van der Waals surface area (Å²) in [6, 6.07) is 0. The Bertz CT molecular complexity index is 109. The third-order valence-corrected chi connectivity index (χ3v) is 0.441. The summed E-state index contributed by atoms with van der Waals surface area (Å²) >= 11 is 0. The van der Waals surface area contributed by atoms with Gasteiger partial charge in [0.15, 0.2) is 6.26 Å². The van der Waals surface area contributed by atoms with Gasteiger partial charge in [0.25, 0.3) is 0 Å². The molecule has 0 unspecified atom stereocenters. The topological polar surface area (TPSA) is 47.6 Å². The highest BCUT2D eigenvalue weighted by atomic mass is 16.7. The van der Waals surface area contributed by atoms with Crippen LogP contribution in [0.15, 0.2) is 12.5 Å². The first-order chi connectivity index (χ1) is 3.39. The molecule has 0 aliphatic carbocycles. The maximum Gasteiger partial charge on any atom is 0.445 e. The normalized spacial score (nSPS) is 16.9. The van der Waals surface area contributed by atoms with Crippen molar-refractivity contribution in [2.24, 2.45) is 0 Å². The lowest BCUT2D eigenvalue weighted by Gasteiger charge is -2.04. The maximum atomic E-state index is 9.95. The van der Waals surface area contributed by atoms with Crippen molar-refractivity contribution >= 4 is 6.09 Å². The number of nitrogens with one attached hydrogen (secondary N) is 1. The second kappa shape index (κ2) is 1.51. The highest BCUT2D eigenvalue weighted by Gasteiger charge is 2.00. The van der Waals surface area contributed by atoms with E-state index in [1.54, 1.807) is 0 Å². The predicted molar refractivity (Wildman–Crippen MR) is 19.8 cm³/mol. The molecule has 7 heavy (non-hydrogen) atoms. The van der Waals surface area contributed by atoms with Crippen LogP contribution in [-0.4, -0.2) is 6.09 Å². The molecule has 0 spiro atoms. The fourth-order valence-corrected chi connectivity index (χ4v) is 0.224. The number of amides is 1. The fraction of sp³-hybridized carbons (Fsp3) is 0. The van der Waals surface area contributed by atoms with Crippen molar-refractivity contribution < 1.29 is 14.4 Å². The molecule has 0 atom stereocenters. The Morgan fingerprint density at radius 1 is 1.57 bits per heavy atom. The number of carbonyl (C=O) groups is 1. The zero-order valence-electron chi connectivity index (χ0n) is 3.38. The second-order valence-corrected chi connectivity index (χ2v) is 0.897.